The lowest BCUT2D eigenvalue weighted by Gasteiger charge is -2.33. The molecule has 0 spiro atoms. The molecule has 4 heterocycles. The van der Waals surface area contributed by atoms with Crippen LogP contribution in [0.4, 0.5) is 11.6 Å². The Balaban J connectivity index is 1.36. The van der Waals surface area contributed by atoms with Gasteiger partial charge in [-0.05, 0) is 42.9 Å². The molecule has 2 aromatic rings. The van der Waals surface area contributed by atoms with E-state index in [1.54, 1.807) is 19.4 Å². The molecule has 2 fully saturated rings. The van der Waals surface area contributed by atoms with Crippen molar-refractivity contribution in [1.82, 2.24) is 15.3 Å². The van der Waals surface area contributed by atoms with Gasteiger partial charge in [-0.1, -0.05) is 24.6 Å². The Bertz CT molecular complexity index is 1020. The molecule has 3 N–H and O–H groups in total. The third-order valence-corrected chi connectivity index (χ3v) is 7.17. The first-order valence-electron chi connectivity index (χ1n) is 12.5. The molecule has 0 aromatic carbocycles. The number of nitrogens with one attached hydrogen (secondary N) is 3. The van der Waals surface area contributed by atoms with Gasteiger partial charge >= 0.3 is 0 Å². The fourth-order valence-corrected chi connectivity index (χ4v) is 4.67. The highest BCUT2D eigenvalue weighted by Gasteiger charge is 2.30. The molecule has 1 amide bonds. The summed E-state index contributed by atoms with van der Waals surface area (Å²) in [6, 6.07) is 7.73. The number of amides is 1. The smallest absolute Gasteiger partial charge is 0.229 e. The molecule has 36 heavy (non-hydrogen) atoms. The maximum atomic E-state index is 12.9. The summed E-state index contributed by atoms with van der Waals surface area (Å²) < 4.78 is 16.1. The fourth-order valence-electron chi connectivity index (χ4n) is 4.47. The van der Waals surface area contributed by atoms with Crippen molar-refractivity contribution in [2.75, 3.05) is 63.9 Å². The number of halogens is 1. The van der Waals surface area contributed by atoms with Crippen LogP contribution in [0.15, 0.2) is 30.5 Å². The van der Waals surface area contributed by atoms with Gasteiger partial charge in [-0.15, -0.1) is 0 Å². The summed E-state index contributed by atoms with van der Waals surface area (Å²) >= 11 is 6.48. The zero-order valence-corrected chi connectivity index (χ0v) is 21.8. The molecule has 10 heteroatoms. The van der Waals surface area contributed by atoms with Crippen LogP contribution in [0.2, 0.25) is 5.02 Å². The zero-order chi connectivity index (χ0) is 25.4. The number of aromatic nitrogens is 2. The number of anilines is 2. The lowest BCUT2D eigenvalue weighted by atomic mass is 9.82. The molecule has 2 aliphatic rings. The van der Waals surface area contributed by atoms with Gasteiger partial charge in [-0.3, -0.25) is 4.79 Å². The highest BCUT2D eigenvalue weighted by Crippen LogP contribution is 2.31. The second kappa shape index (κ2) is 12.8. The van der Waals surface area contributed by atoms with Crippen molar-refractivity contribution in [1.29, 1.82) is 0 Å². The summed E-state index contributed by atoms with van der Waals surface area (Å²) in [4.78, 5) is 22.0. The minimum atomic E-state index is -0.154. The quantitative estimate of drug-likeness (QED) is 0.388. The van der Waals surface area contributed by atoms with E-state index in [2.05, 4.69) is 27.9 Å². The van der Waals surface area contributed by atoms with Crippen molar-refractivity contribution in [3.63, 3.8) is 0 Å². The van der Waals surface area contributed by atoms with Crippen LogP contribution in [0.25, 0.3) is 11.3 Å². The maximum absolute atomic E-state index is 12.9. The van der Waals surface area contributed by atoms with Gasteiger partial charge < -0.3 is 30.2 Å². The highest BCUT2D eigenvalue weighted by atomic mass is 35.5. The van der Waals surface area contributed by atoms with Crippen LogP contribution in [-0.4, -0.2) is 75.2 Å². The third kappa shape index (κ3) is 7.36. The second-order valence-electron chi connectivity index (χ2n) is 9.83. The summed E-state index contributed by atoms with van der Waals surface area (Å²) in [5.41, 5.74) is 1.62. The van der Waals surface area contributed by atoms with Crippen LogP contribution in [0.1, 0.15) is 26.2 Å². The Hall–Kier alpha value is -2.30. The first-order chi connectivity index (χ1) is 17.5. The standard InChI is InChI=1S/C26H36ClN5O4/c1-26(6-8-35-9-7-26)17-30-23-5-3-4-22(31-23)20-13-24(29-15-21(20)27)32-25(33)18-12-19(28-14-18)16-36-11-10-34-2/h3-5,13,15,18-19,28H,6-12,14,16-17H2,1-2H3,(H,30,31)(H,29,32,33)/t18-,19+/m1/s1. The molecular weight excluding hydrogens is 482 g/mol. The molecular formula is C26H36ClN5O4. The number of methoxy groups -OCH3 is 1. The van der Waals surface area contributed by atoms with Crippen molar-refractivity contribution in [2.45, 2.75) is 32.2 Å². The Morgan fingerprint density at radius 3 is 2.92 bits per heavy atom. The predicted molar refractivity (Wildman–Crippen MR) is 140 cm³/mol. The molecule has 2 saturated heterocycles. The molecule has 0 radical (unpaired) electrons. The first kappa shape index (κ1) is 26.8. The zero-order valence-electron chi connectivity index (χ0n) is 21.0. The van der Waals surface area contributed by atoms with E-state index in [9.17, 15) is 4.79 Å². The summed E-state index contributed by atoms with van der Waals surface area (Å²) in [6.07, 6.45) is 4.31. The lowest BCUT2D eigenvalue weighted by Crippen LogP contribution is -2.33. The molecule has 2 aromatic heterocycles. The minimum absolute atomic E-state index is 0.0734. The molecule has 0 saturated carbocycles. The van der Waals surface area contributed by atoms with E-state index in [0.717, 1.165) is 49.7 Å². The summed E-state index contributed by atoms with van der Waals surface area (Å²) in [7, 11) is 1.64. The average Bonchev–Trinajstić information content (AvgIpc) is 3.36. The first-order valence-corrected chi connectivity index (χ1v) is 12.9. The Labute approximate surface area is 217 Å². The number of hydrogen-bond acceptors (Lipinski definition) is 8. The van der Waals surface area contributed by atoms with Crippen LogP contribution in [0.3, 0.4) is 0 Å². The molecule has 2 atom stereocenters. The van der Waals surface area contributed by atoms with Crippen LogP contribution >= 0.6 is 11.6 Å². The number of nitrogens with zero attached hydrogens (tertiary/aromatic N) is 2. The minimum Gasteiger partial charge on any atom is -0.382 e. The van der Waals surface area contributed by atoms with E-state index in [-0.39, 0.29) is 23.3 Å². The van der Waals surface area contributed by atoms with E-state index in [0.29, 0.717) is 43.6 Å². The highest BCUT2D eigenvalue weighted by molar-refractivity contribution is 6.33. The number of carbonyl (C=O) groups excluding carboxylic acids is 1. The SMILES string of the molecule is COCCOC[C@@H]1C[C@@H](C(=O)Nc2cc(-c3cccc(NCC4(C)CCOCC4)n3)c(Cl)cn2)CN1. The lowest BCUT2D eigenvalue weighted by molar-refractivity contribution is -0.119. The van der Waals surface area contributed by atoms with Crippen LogP contribution in [-0.2, 0) is 19.0 Å². The molecule has 0 bridgehead atoms. The van der Waals surface area contributed by atoms with Gasteiger partial charge in [0.2, 0.25) is 5.91 Å². The van der Waals surface area contributed by atoms with Crippen LogP contribution < -0.4 is 16.0 Å². The van der Waals surface area contributed by atoms with E-state index in [1.807, 2.05) is 18.2 Å². The molecule has 4 rings (SSSR count). The second-order valence-corrected chi connectivity index (χ2v) is 10.2. The Morgan fingerprint density at radius 1 is 1.28 bits per heavy atom. The molecule has 0 unspecified atom stereocenters. The van der Waals surface area contributed by atoms with Crippen molar-refractivity contribution < 1.29 is 19.0 Å². The van der Waals surface area contributed by atoms with Crippen molar-refractivity contribution in [3.8, 4) is 11.3 Å². The third-order valence-electron chi connectivity index (χ3n) is 6.87. The van der Waals surface area contributed by atoms with E-state index >= 15 is 0 Å². The van der Waals surface area contributed by atoms with Gasteiger partial charge in [0.05, 0.1) is 36.5 Å². The fraction of sp³-hybridized carbons (Fsp3) is 0.577. The molecule has 196 valence electrons. The Kier molecular flexibility index (Phi) is 9.50. The molecule has 9 nitrogen and oxygen atoms in total. The Morgan fingerprint density at radius 2 is 2.11 bits per heavy atom. The number of pyridine rings is 2. The molecule has 2 aliphatic heterocycles. The van der Waals surface area contributed by atoms with Crippen molar-refractivity contribution >= 4 is 29.1 Å². The van der Waals surface area contributed by atoms with E-state index < -0.39 is 0 Å². The van der Waals surface area contributed by atoms with Gasteiger partial charge in [-0.2, -0.15) is 0 Å². The summed E-state index contributed by atoms with van der Waals surface area (Å²) in [5, 5.41) is 10.2. The summed E-state index contributed by atoms with van der Waals surface area (Å²) in [5.74, 6) is 1.01. The van der Waals surface area contributed by atoms with E-state index in [1.165, 1.54) is 0 Å². The predicted octanol–water partition coefficient (Wildman–Crippen LogP) is 3.61. The van der Waals surface area contributed by atoms with Gasteiger partial charge in [0.25, 0.3) is 0 Å². The van der Waals surface area contributed by atoms with Gasteiger partial charge in [-0.25, -0.2) is 9.97 Å². The largest absolute Gasteiger partial charge is 0.382 e. The van der Waals surface area contributed by atoms with Crippen LogP contribution in [0, 0.1) is 11.3 Å². The van der Waals surface area contributed by atoms with Gasteiger partial charge in [0.1, 0.15) is 11.6 Å². The van der Waals surface area contributed by atoms with Gasteiger partial charge in [0, 0.05) is 51.2 Å². The number of hydrogen-bond donors (Lipinski definition) is 3. The number of carbonyl (C=O) groups is 1. The average molecular weight is 518 g/mol. The molecule has 0 aliphatic carbocycles. The topological polar surface area (TPSA) is 107 Å². The maximum Gasteiger partial charge on any atom is 0.229 e. The number of ether oxygens (including phenoxy) is 3. The number of rotatable bonds is 11. The summed E-state index contributed by atoms with van der Waals surface area (Å²) in [6.45, 7) is 6.96. The monoisotopic (exact) mass is 517 g/mol. The van der Waals surface area contributed by atoms with Crippen molar-refractivity contribution in [2.24, 2.45) is 11.3 Å². The van der Waals surface area contributed by atoms with E-state index in [4.69, 9.17) is 30.8 Å². The van der Waals surface area contributed by atoms with Crippen molar-refractivity contribution in [3.05, 3.63) is 35.5 Å². The van der Waals surface area contributed by atoms with Gasteiger partial charge in [0.15, 0.2) is 0 Å². The van der Waals surface area contributed by atoms with Crippen LogP contribution in [0.5, 0.6) is 0 Å². The normalized spacial score (nSPS) is 21.3.